The van der Waals surface area contributed by atoms with Crippen LogP contribution in [0.4, 0.5) is 0 Å². The number of methoxy groups -OCH3 is 1. The van der Waals surface area contributed by atoms with Gasteiger partial charge in [-0.05, 0) is 53.8 Å². The van der Waals surface area contributed by atoms with Gasteiger partial charge in [-0.25, -0.2) is 0 Å². The molecule has 3 aromatic rings. The van der Waals surface area contributed by atoms with Gasteiger partial charge in [-0.1, -0.05) is 37.3 Å². The molecule has 0 saturated heterocycles. The molecule has 0 unspecified atom stereocenters. The van der Waals surface area contributed by atoms with E-state index in [1.807, 2.05) is 24.4 Å². The van der Waals surface area contributed by atoms with Crippen LogP contribution in [-0.2, 0) is 6.42 Å². The lowest BCUT2D eigenvalue weighted by Crippen LogP contribution is -1.99. The molecule has 0 aliphatic heterocycles. The summed E-state index contributed by atoms with van der Waals surface area (Å²) < 4.78 is 5.18. The van der Waals surface area contributed by atoms with Crippen molar-refractivity contribution in [2.45, 2.75) is 19.3 Å². The van der Waals surface area contributed by atoms with E-state index >= 15 is 0 Å². The molecule has 1 N–H and O–H groups in total. The summed E-state index contributed by atoms with van der Waals surface area (Å²) in [6.45, 7) is 2.24. The number of pyridine rings is 1. The van der Waals surface area contributed by atoms with E-state index in [9.17, 15) is 5.11 Å². The highest BCUT2D eigenvalue weighted by atomic mass is 16.5. The molecule has 1 heterocycles. The summed E-state index contributed by atoms with van der Waals surface area (Å²) in [5, 5.41) is 9.74. The third-order valence-electron chi connectivity index (χ3n) is 4.21. The fraction of sp³-hybridized carbons (Fsp3) is 0.190. The van der Waals surface area contributed by atoms with Crippen LogP contribution in [0.2, 0.25) is 0 Å². The fourth-order valence-corrected chi connectivity index (χ4v) is 2.85. The van der Waals surface area contributed by atoms with E-state index in [0.29, 0.717) is 11.7 Å². The number of phenols is 1. The number of rotatable bonds is 5. The Labute approximate surface area is 142 Å². The molecule has 0 saturated carbocycles. The lowest BCUT2D eigenvalue weighted by atomic mass is 9.93. The van der Waals surface area contributed by atoms with E-state index in [4.69, 9.17) is 4.74 Å². The van der Waals surface area contributed by atoms with Crippen molar-refractivity contribution in [2.24, 2.45) is 0 Å². The van der Waals surface area contributed by atoms with Crippen LogP contribution in [0.5, 0.6) is 11.5 Å². The zero-order valence-corrected chi connectivity index (χ0v) is 13.9. The Morgan fingerprint density at radius 3 is 2.58 bits per heavy atom. The quantitative estimate of drug-likeness (QED) is 0.734. The third-order valence-corrected chi connectivity index (χ3v) is 4.21. The molecule has 3 nitrogen and oxygen atoms in total. The van der Waals surface area contributed by atoms with Crippen LogP contribution < -0.4 is 4.74 Å². The van der Waals surface area contributed by atoms with Crippen molar-refractivity contribution >= 4 is 0 Å². The highest BCUT2D eigenvalue weighted by Crippen LogP contribution is 2.31. The van der Waals surface area contributed by atoms with E-state index in [2.05, 4.69) is 48.3 Å². The molecule has 2 aromatic carbocycles. The van der Waals surface area contributed by atoms with E-state index in [0.717, 1.165) is 17.7 Å². The van der Waals surface area contributed by atoms with E-state index in [-0.39, 0.29) is 5.75 Å². The Morgan fingerprint density at radius 2 is 1.83 bits per heavy atom. The van der Waals surface area contributed by atoms with Crippen molar-refractivity contribution < 1.29 is 9.84 Å². The predicted octanol–water partition coefficient (Wildman–Crippen LogP) is 4.81. The van der Waals surface area contributed by atoms with Crippen LogP contribution in [0.1, 0.15) is 24.0 Å². The maximum absolute atomic E-state index is 9.74. The van der Waals surface area contributed by atoms with Gasteiger partial charge in [0.25, 0.3) is 0 Å². The van der Waals surface area contributed by atoms with Crippen molar-refractivity contribution in [1.29, 1.82) is 0 Å². The lowest BCUT2D eigenvalue weighted by molar-refractivity contribution is 0.373. The number of hydrogen-bond donors (Lipinski definition) is 1. The van der Waals surface area contributed by atoms with Gasteiger partial charge in [-0.2, -0.15) is 0 Å². The van der Waals surface area contributed by atoms with Gasteiger partial charge in [0.1, 0.15) is 0 Å². The monoisotopic (exact) mass is 319 g/mol. The summed E-state index contributed by atoms with van der Waals surface area (Å²) >= 11 is 0. The molecular formula is C21H21NO2. The minimum absolute atomic E-state index is 0.134. The number of aromatic nitrogens is 1. The molecule has 122 valence electrons. The zero-order valence-electron chi connectivity index (χ0n) is 13.9. The third kappa shape index (κ3) is 3.57. The molecule has 0 spiro atoms. The van der Waals surface area contributed by atoms with E-state index in [1.54, 1.807) is 13.2 Å². The van der Waals surface area contributed by atoms with Gasteiger partial charge in [0, 0.05) is 11.8 Å². The summed E-state index contributed by atoms with van der Waals surface area (Å²) in [6.07, 6.45) is 2.79. The molecule has 0 aliphatic rings. The van der Waals surface area contributed by atoms with Gasteiger partial charge in [0.05, 0.1) is 12.8 Å². The molecule has 3 heteroatoms. The standard InChI is InChI=1S/C21H21NO2/c1-15(17-6-4-3-5-7-17)12-16-10-11-22-19(13-16)18-8-9-20(23)21(14-18)24-2/h3-11,13-15,23H,12H2,1-2H3/t15-/m1/s1. The maximum Gasteiger partial charge on any atom is 0.161 e. The molecule has 0 amide bonds. The van der Waals surface area contributed by atoms with Gasteiger partial charge in [0.15, 0.2) is 11.5 Å². The SMILES string of the molecule is COc1cc(-c2cc(C[C@@H](C)c3ccccc3)ccn2)ccc1O. The maximum atomic E-state index is 9.74. The van der Waals surface area contributed by atoms with Crippen molar-refractivity contribution in [3.8, 4) is 22.8 Å². The van der Waals surface area contributed by atoms with Crippen molar-refractivity contribution in [3.05, 3.63) is 78.0 Å². The number of phenolic OH excluding ortho intramolecular Hbond substituents is 1. The van der Waals surface area contributed by atoms with E-state index < -0.39 is 0 Å². The highest BCUT2D eigenvalue weighted by molar-refractivity contribution is 5.64. The van der Waals surface area contributed by atoms with Crippen LogP contribution >= 0.6 is 0 Å². The Morgan fingerprint density at radius 1 is 1.04 bits per heavy atom. The summed E-state index contributed by atoms with van der Waals surface area (Å²) in [5.74, 6) is 1.03. The summed E-state index contributed by atoms with van der Waals surface area (Å²) in [6, 6.07) is 20.0. The van der Waals surface area contributed by atoms with Gasteiger partial charge in [-0.15, -0.1) is 0 Å². The number of benzene rings is 2. The van der Waals surface area contributed by atoms with Crippen LogP contribution in [-0.4, -0.2) is 17.2 Å². The fourth-order valence-electron chi connectivity index (χ4n) is 2.85. The first kappa shape index (κ1) is 16.1. The Balaban J connectivity index is 1.84. The number of nitrogens with zero attached hydrogens (tertiary/aromatic N) is 1. The average Bonchev–Trinajstić information content (AvgIpc) is 2.63. The first-order chi connectivity index (χ1) is 11.7. The van der Waals surface area contributed by atoms with Gasteiger partial charge in [0.2, 0.25) is 0 Å². The van der Waals surface area contributed by atoms with Gasteiger partial charge >= 0.3 is 0 Å². The smallest absolute Gasteiger partial charge is 0.161 e. The van der Waals surface area contributed by atoms with Crippen molar-refractivity contribution in [3.63, 3.8) is 0 Å². The second-order valence-electron chi connectivity index (χ2n) is 5.95. The van der Waals surface area contributed by atoms with Gasteiger partial charge in [-0.3, -0.25) is 4.98 Å². The second-order valence-corrected chi connectivity index (χ2v) is 5.95. The topological polar surface area (TPSA) is 42.4 Å². The normalized spacial score (nSPS) is 11.9. The minimum atomic E-state index is 0.134. The molecule has 24 heavy (non-hydrogen) atoms. The van der Waals surface area contributed by atoms with E-state index in [1.165, 1.54) is 11.1 Å². The first-order valence-electron chi connectivity index (χ1n) is 8.04. The first-order valence-corrected chi connectivity index (χ1v) is 8.04. The summed E-state index contributed by atoms with van der Waals surface area (Å²) in [5.41, 5.74) is 4.38. The van der Waals surface area contributed by atoms with Crippen LogP contribution in [0.3, 0.4) is 0 Å². The van der Waals surface area contributed by atoms with Crippen molar-refractivity contribution in [1.82, 2.24) is 4.98 Å². The van der Waals surface area contributed by atoms with Crippen LogP contribution in [0.15, 0.2) is 66.9 Å². The molecule has 1 aromatic heterocycles. The number of aromatic hydroxyl groups is 1. The predicted molar refractivity (Wildman–Crippen MR) is 96.5 cm³/mol. The minimum Gasteiger partial charge on any atom is -0.504 e. The largest absolute Gasteiger partial charge is 0.504 e. The molecule has 3 rings (SSSR count). The lowest BCUT2D eigenvalue weighted by Gasteiger charge is -2.13. The van der Waals surface area contributed by atoms with Crippen LogP contribution in [0.25, 0.3) is 11.3 Å². The second kappa shape index (κ2) is 7.18. The molecule has 0 bridgehead atoms. The Bertz CT molecular complexity index is 815. The number of ether oxygens (including phenoxy) is 1. The average molecular weight is 319 g/mol. The summed E-state index contributed by atoms with van der Waals surface area (Å²) in [4.78, 5) is 4.46. The molecule has 1 atom stereocenters. The molecular weight excluding hydrogens is 298 g/mol. The molecule has 0 fully saturated rings. The van der Waals surface area contributed by atoms with Crippen LogP contribution in [0, 0.1) is 0 Å². The van der Waals surface area contributed by atoms with Gasteiger partial charge < -0.3 is 9.84 Å². The number of hydrogen-bond acceptors (Lipinski definition) is 3. The molecule has 0 radical (unpaired) electrons. The zero-order chi connectivity index (χ0) is 16.9. The summed E-state index contributed by atoms with van der Waals surface area (Å²) in [7, 11) is 1.55. The molecule has 0 aliphatic carbocycles. The Kier molecular flexibility index (Phi) is 4.80. The Hall–Kier alpha value is -2.81. The van der Waals surface area contributed by atoms with Crippen molar-refractivity contribution in [2.75, 3.05) is 7.11 Å². The highest BCUT2D eigenvalue weighted by Gasteiger charge is 2.09.